The quantitative estimate of drug-likeness (QED) is 0.270. The number of carbonyl (C=O) groups is 1. The van der Waals surface area contributed by atoms with Gasteiger partial charge < -0.3 is 4.55 Å². The van der Waals surface area contributed by atoms with Gasteiger partial charge in [0.15, 0.2) is 5.12 Å². The minimum absolute atomic E-state index is 0. The Morgan fingerprint density at radius 1 is 1.45 bits per heavy atom. The van der Waals surface area contributed by atoms with Crippen molar-refractivity contribution >= 4 is 27.9 Å². The Hall–Kier alpha value is 1.50. The van der Waals surface area contributed by atoms with Crippen LogP contribution in [0.25, 0.3) is 0 Å². The molecule has 0 aliphatic heterocycles. The van der Waals surface area contributed by atoms with Gasteiger partial charge in [0, 0.05) is 13.2 Å². The second-order valence-electron chi connectivity index (χ2n) is 1.22. The Kier molecular flexibility index (Phi) is 23.9. The van der Waals surface area contributed by atoms with Gasteiger partial charge in [0.2, 0.25) is 0 Å². The molecule has 0 aromatic carbocycles. The molecule has 0 atom stereocenters. The molecule has 0 aliphatic rings. The van der Waals surface area contributed by atoms with Crippen molar-refractivity contribution < 1.29 is 73.9 Å². The summed E-state index contributed by atoms with van der Waals surface area (Å²) in [5.41, 5.74) is 0. The van der Waals surface area contributed by atoms with Gasteiger partial charge in [-0.15, -0.1) is 12.6 Å². The first-order valence-corrected chi connectivity index (χ1v) is 4.10. The molecule has 0 heterocycles. The Bertz CT molecular complexity index is 166. The van der Waals surface area contributed by atoms with Crippen LogP contribution in [0.3, 0.4) is 0 Å². The summed E-state index contributed by atoms with van der Waals surface area (Å²) in [6.45, 7) is 1.39. The number of halogens is 1. The molecule has 0 aromatic rings. The van der Waals surface area contributed by atoms with Crippen molar-refractivity contribution in [3.05, 3.63) is 0 Å². The van der Waals surface area contributed by atoms with E-state index in [2.05, 4.69) is 12.6 Å². The van der Waals surface area contributed by atoms with Gasteiger partial charge in [-0.05, 0) is 0 Å². The summed E-state index contributed by atoms with van der Waals surface area (Å²) in [5, 5.41) is -0.139. The zero-order valence-electron chi connectivity index (χ0n) is 6.40. The fraction of sp³-hybridized carbons (Fsp3) is 0.667. The number of hydrogen-bond acceptors (Lipinski definition) is 4. The molecule has 0 saturated carbocycles. The minimum atomic E-state index is -3.92. The molecule has 0 unspecified atom stereocenters. The van der Waals surface area contributed by atoms with Gasteiger partial charge in [-0.25, -0.2) is 8.42 Å². The molecule has 11 heavy (non-hydrogen) atoms. The van der Waals surface area contributed by atoms with E-state index in [4.69, 9.17) is 13.0 Å². The van der Waals surface area contributed by atoms with E-state index in [1.165, 1.54) is 6.92 Å². The molecule has 4 nitrogen and oxygen atoms in total. The molecule has 0 aliphatic carbocycles. The van der Waals surface area contributed by atoms with Crippen LogP contribution in [0.2, 0.25) is 0 Å². The van der Waals surface area contributed by atoms with Gasteiger partial charge in [-0.2, -0.15) is 0 Å². The summed E-state index contributed by atoms with van der Waals surface area (Å²) >= 11 is 3.33. The summed E-state index contributed by atoms with van der Waals surface area (Å²) in [7, 11) is -3.92. The molecule has 0 saturated heterocycles. The zero-order chi connectivity index (χ0) is 8.08. The fourth-order valence-corrected chi connectivity index (χ4v) is 0. The van der Waals surface area contributed by atoms with E-state index in [0.717, 1.165) is 0 Å². The van der Waals surface area contributed by atoms with Crippen molar-refractivity contribution in [1.82, 2.24) is 0 Å². The first-order chi connectivity index (χ1) is 3.73. The monoisotopic (exact) mass is 230 g/mol. The van der Waals surface area contributed by atoms with Crippen molar-refractivity contribution in [2.75, 3.05) is 6.26 Å². The maximum Gasteiger partial charge on any atom is 1.00 e. The van der Waals surface area contributed by atoms with E-state index >= 15 is 0 Å². The first kappa shape index (κ1) is 22.9. The molecular weight excluding hydrogens is 222 g/mol. The van der Waals surface area contributed by atoms with E-state index < -0.39 is 10.1 Å². The zero-order valence-corrected chi connectivity index (χ0v) is 11.2. The van der Waals surface area contributed by atoms with E-state index in [-0.39, 0.29) is 61.2 Å². The second kappa shape index (κ2) is 11.5. The van der Waals surface area contributed by atoms with Crippen LogP contribution in [0.1, 0.15) is 6.92 Å². The maximum absolute atomic E-state index is 9.31. The van der Waals surface area contributed by atoms with Crippen LogP contribution in [0.4, 0.5) is 4.70 Å². The summed E-state index contributed by atoms with van der Waals surface area (Å²) in [6, 6.07) is 0. The number of thiol groups is 1. The number of rotatable bonds is 0. The fourth-order valence-electron chi connectivity index (χ4n) is 0. The molecule has 0 fully saturated rings. The van der Waals surface area contributed by atoms with Crippen LogP contribution >= 0.6 is 12.6 Å². The molecule has 0 radical (unpaired) electrons. The SMILES string of the molecule is CC(=O)S.CS(=O)(=O)[O-].F.[K+]. The van der Waals surface area contributed by atoms with Crippen LogP contribution in [-0.2, 0) is 14.9 Å². The molecule has 0 aromatic heterocycles. The molecule has 0 N–H and O–H groups in total. The van der Waals surface area contributed by atoms with Gasteiger partial charge >= 0.3 is 51.4 Å². The van der Waals surface area contributed by atoms with Crippen molar-refractivity contribution in [2.24, 2.45) is 0 Å². The Morgan fingerprint density at radius 2 is 1.45 bits per heavy atom. The molecule has 0 spiro atoms. The third-order valence-electron chi connectivity index (χ3n) is 0. The van der Waals surface area contributed by atoms with Crippen LogP contribution in [0.15, 0.2) is 0 Å². The third-order valence-corrected chi connectivity index (χ3v) is 0. The average molecular weight is 230 g/mol. The largest absolute Gasteiger partial charge is 1.00 e. The summed E-state index contributed by atoms with van der Waals surface area (Å²) in [6.07, 6.45) is 0.604. The van der Waals surface area contributed by atoms with Gasteiger partial charge in [0.25, 0.3) is 0 Å². The molecule has 64 valence electrons. The second-order valence-corrected chi connectivity index (χ2v) is 3.26. The van der Waals surface area contributed by atoms with Crippen molar-refractivity contribution in [3.63, 3.8) is 0 Å². The van der Waals surface area contributed by atoms with Crippen molar-refractivity contribution in [2.45, 2.75) is 6.92 Å². The predicted molar refractivity (Wildman–Crippen MR) is 37.8 cm³/mol. The standard InChI is InChI=1S/C2H4OS.CH4O3S.FH.K/c1-2(3)4;1-5(2,3)4;;/h1H3,(H,3,4);1H3,(H,2,3,4);1H;/q;;;+1/p-1. The summed E-state index contributed by atoms with van der Waals surface area (Å²) < 4.78 is 27.2. The molecule has 0 rings (SSSR count). The van der Waals surface area contributed by atoms with Crippen molar-refractivity contribution in [1.29, 1.82) is 0 Å². The number of carbonyl (C=O) groups excluding carboxylic acids is 1. The molecular formula is C3H8FKO4S2. The van der Waals surface area contributed by atoms with Gasteiger partial charge in [0.1, 0.15) is 0 Å². The Labute approximate surface area is 113 Å². The topological polar surface area (TPSA) is 74.3 Å². The van der Waals surface area contributed by atoms with Gasteiger partial charge in [-0.1, -0.05) is 0 Å². The molecule has 8 heteroatoms. The summed E-state index contributed by atoms with van der Waals surface area (Å²) in [4.78, 5) is 9.31. The van der Waals surface area contributed by atoms with E-state index in [9.17, 15) is 4.79 Å². The van der Waals surface area contributed by atoms with Crippen LogP contribution in [0.5, 0.6) is 0 Å². The molecule has 0 amide bonds. The average Bonchev–Trinajstić information content (AvgIpc) is 1.19. The van der Waals surface area contributed by atoms with Crippen LogP contribution in [-0.4, -0.2) is 24.3 Å². The van der Waals surface area contributed by atoms with E-state index in [1.807, 2.05) is 0 Å². The van der Waals surface area contributed by atoms with Crippen LogP contribution in [0, 0.1) is 0 Å². The maximum atomic E-state index is 9.31. The minimum Gasteiger partial charge on any atom is -0.748 e. The Morgan fingerprint density at radius 3 is 1.45 bits per heavy atom. The van der Waals surface area contributed by atoms with E-state index in [1.54, 1.807) is 0 Å². The predicted octanol–water partition coefficient (Wildman–Crippen LogP) is -3.22. The first-order valence-electron chi connectivity index (χ1n) is 1.84. The molecule has 0 bridgehead atoms. The normalized spacial score (nSPS) is 7.64. The Balaban J connectivity index is -0.0000000383. The van der Waals surface area contributed by atoms with Crippen molar-refractivity contribution in [3.8, 4) is 0 Å². The smallest absolute Gasteiger partial charge is 0.748 e. The third kappa shape index (κ3) is 463. The van der Waals surface area contributed by atoms with Gasteiger partial charge in [0.05, 0.1) is 10.1 Å². The van der Waals surface area contributed by atoms with Crippen LogP contribution < -0.4 is 51.4 Å². The summed E-state index contributed by atoms with van der Waals surface area (Å²) in [5.74, 6) is 0. The van der Waals surface area contributed by atoms with Gasteiger partial charge in [-0.3, -0.25) is 9.50 Å². The van der Waals surface area contributed by atoms with E-state index in [0.29, 0.717) is 6.26 Å². The number of hydrogen-bond donors (Lipinski definition) is 1.